The first-order valence-corrected chi connectivity index (χ1v) is 7.28. The first-order valence-electron chi connectivity index (χ1n) is 6.91. The van der Waals surface area contributed by atoms with Crippen molar-refractivity contribution in [2.24, 2.45) is 0 Å². The zero-order valence-electron chi connectivity index (χ0n) is 12.4. The lowest BCUT2D eigenvalue weighted by Gasteiger charge is -2.20. The predicted molar refractivity (Wildman–Crippen MR) is 82.1 cm³/mol. The van der Waals surface area contributed by atoms with Crippen LogP contribution in [-0.4, -0.2) is 21.8 Å². The summed E-state index contributed by atoms with van der Waals surface area (Å²) in [6.07, 6.45) is 2.74. The zero-order valence-corrected chi connectivity index (χ0v) is 13.2. The molecule has 2 aromatic heterocycles. The summed E-state index contributed by atoms with van der Waals surface area (Å²) < 4.78 is 1.97. The summed E-state index contributed by atoms with van der Waals surface area (Å²) in [7, 11) is 1.93. The number of nitrogens with zero attached hydrogens (tertiary/aromatic N) is 3. The van der Waals surface area contributed by atoms with Crippen molar-refractivity contribution in [3.63, 3.8) is 0 Å². The molecule has 1 atom stereocenters. The summed E-state index contributed by atoms with van der Waals surface area (Å²) in [5, 5.41) is 8.40. The summed E-state index contributed by atoms with van der Waals surface area (Å²) in [5.74, 6) is 0. The Morgan fingerprint density at radius 3 is 2.70 bits per heavy atom. The third-order valence-corrected chi connectivity index (χ3v) is 3.70. The van der Waals surface area contributed by atoms with Gasteiger partial charge in [0.05, 0.1) is 23.0 Å². The van der Waals surface area contributed by atoms with Crippen molar-refractivity contribution in [2.45, 2.75) is 39.8 Å². The van der Waals surface area contributed by atoms with Crippen LogP contribution >= 0.6 is 11.6 Å². The van der Waals surface area contributed by atoms with E-state index in [9.17, 15) is 0 Å². The van der Waals surface area contributed by atoms with Crippen LogP contribution in [0, 0.1) is 13.8 Å². The lowest BCUT2D eigenvalue weighted by Crippen LogP contribution is -2.23. The van der Waals surface area contributed by atoms with Gasteiger partial charge in [0, 0.05) is 17.9 Å². The lowest BCUT2D eigenvalue weighted by atomic mass is 10.0. The van der Waals surface area contributed by atoms with Crippen molar-refractivity contribution >= 4 is 11.6 Å². The number of nitrogens with one attached hydrogen (secondary N) is 1. The standard InChI is InChI=1S/C15H21ClN4/c1-5-8-20-15(13(16)9-18-20)14(17-4)12-7-6-10(2)19-11(12)3/h6-7,9,14,17H,5,8H2,1-4H3. The first kappa shape index (κ1) is 15.0. The number of hydrogen-bond acceptors (Lipinski definition) is 3. The number of pyridine rings is 1. The number of aryl methyl sites for hydroxylation is 3. The van der Waals surface area contributed by atoms with E-state index in [0.29, 0.717) is 5.02 Å². The Labute approximate surface area is 125 Å². The Morgan fingerprint density at radius 2 is 2.10 bits per heavy atom. The highest BCUT2D eigenvalue weighted by atomic mass is 35.5. The van der Waals surface area contributed by atoms with Crippen LogP contribution in [0.2, 0.25) is 5.02 Å². The van der Waals surface area contributed by atoms with E-state index in [1.165, 1.54) is 0 Å². The SMILES string of the molecule is CCCn1ncc(Cl)c1C(NC)c1ccc(C)nc1C. The van der Waals surface area contributed by atoms with E-state index in [1.54, 1.807) is 6.20 Å². The third-order valence-electron chi connectivity index (χ3n) is 3.41. The fraction of sp³-hybridized carbons (Fsp3) is 0.467. The fourth-order valence-corrected chi connectivity index (χ4v) is 2.74. The van der Waals surface area contributed by atoms with Gasteiger partial charge >= 0.3 is 0 Å². The maximum absolute atomic E-state index is 6.34. The molecule has 108 valence electrons. The fourth-order valence-electron chi connectivity index (χ4n) is 2.49. The van der Waals surface area contributed by atoms with Gasteiger partial charge in [-0.2, -0.15) is 5.10 Å². The molecular weight excluding hydrogens is 272 g/mol. The number of aromatic nitrogens is 3. The second-order valence-corrected chi connectivity index (χ2v) is 5.36. The Morgan fingerprint density at radius 1 is 1.35 bits per heavy atom. The quantitative estimate of drug-likeness (QED) is 0.920. The molecule has 0 amide bonds. The van der Waals surface area contributed by atoms with Gasteiger partial charge in [-0.05, 0) is 38.9 Å². The average molecular weight is 293 g/mol. The number of rotatable bonds is 5. The van der Waals surface area contributed by atoms with E-state index >= 15 is 0 Å². The lowest BCUT2D eigenvalue weighted by molar-refractivity contribution is 0.533. The Bertz CT molecular complexity index is 592. The van der Waals surface area contributed by atoms with Gasteiger partial charge < -0.3 is 5.32 Å². The maximum Gasteiger partial charge on any atom is 0.0837 e. The molecule has 2 heterocycles. The maximum atomic E-state index is 6.34. The van der Waals surface area contributed by atoms with Crippen LogP contribution in [0.5, 0.6) is 0 Å². The molecule has 0 saturated carbocycles. The molecule has 20 heavy (non-hydrogen) atoms. The second-order valence-electron chi connectivity index (χ2n) is 4.95. The minimum atomic E-state index is 0.00431. The molecule has 0 aliphatic heterocycles. The van der Waals surface area contributed by atoms with Crippen molar-refractivity contribution in [1.82, 2.24) is 20.1 Å². The largest absolute Gasteiger partial charge is 0.308 e. The van der Waals surface area contributed by atoms with Crippen molar-refractivity contribution in [1.29, 1.82) is 0 Å². The van der Waals surface area contributed by atoms with Gasteiger partial charge in [0.15, 0.2) is 0 Å². The van der Waals surface area contributed by atoms with Gasteiger partial charge in [0.2, 0.25) is 0 Å². The number of halogens is 1. The summed E-state index contributed by atoms with van der Waals surface area (Å²) >= 11 is 6.34. The van der Waals surface area contributed by atoms with Crippen LogP contribution in [0.15, 0.2) is 18.3 Å². The van der Waals surface area contributed by atoms with Crippen molar-refractivity contribution in [2.75, 3.05) is 7.05 Å². The molecule has 4 nitrogen and oxygen atoms in total. The molecule has 1 unspecified atom stereocenters. The molecule has 0 saturated heterocycles. The highest BCUT2D eigenvalue weighted by Gasteiger charge is 2.22. The molecule has 0 spiro atoms. The van der Waals surface area contributed by atoms with Crippen molar-refractivity contribution in [3.05, 3.63) is 46.0 Å². The predicted octanol–water partition coefficient (Wildman–Crippen LogP) is 3.27. The molecule has 2 aromatic rings. The molecule has 2 rings (SSSR count). The van der Waals surface area contributed by atoms with Crippen LogP contribution in [0.1, 0.15) is 42.0 Å². The summed E-state index contributed by atoms with van der Waals surface area (Å²) in [6.45, 7) is 7.02. The van der Waals surface area contributed by atoms with E-state index in [2.05, 4.69) is 28.4 Å². The Balaban J connectivity index is 2.49. The molecule has 0 fully saturated rings. The molecule has 5 heteroatoms. The molecule has 0 aliphatic carbocycles. The molecule has 1 N–H and O–H groups in total. The van der Waals surface area contributed by atoms with E-state index in [0.717, 1.165) is 35.6 Å². The minimum Gasteiger partial charge on any atom is -0.308 e. The van der Waals surface area contributed by atoms with Gasteiger partial charge in [-0.15, -0.1) is 0 Å². The Kier molecular flexibility index (Phi) is 4.78. The highest BCUT2D eigenvalue weighted by Crippen LogP contribution is 2.29. The van der Waals surface area contributed by atoms with Crippen LogP contribution in [-0.2, 0) is 6.54 Å². The van der Waals surface area contributed by atoms with Gasteiger partial charge in [0.25, 0.3) is 0 Å². The monoisotopic (exact) mass is 292 g/mol. The normalized spacial score (nSPS) is 12.7. The first-order chi connectivity index (χ1) is 9.58. The van der Waals surface area contributed by atoms with Gasteiger partial charge in [-0.3, -0.25) is 9.67 Å². The third kappa shape index (κ3) is 2.86. The van der Waals surface area contributed by atoms with E-state index in [4.69, 9.17) is 11.6 Å². The zero-order chi connectivity index (χ0) is 14.7. The average Bonchev–Trinajstić information content (AvgIpc) is 2.75. The van der Waals surface area contributed by atoms with Crippen LogP contribution < -0.4 is 5.32 Å². The summed E-state index contributed by atoms with van der Waals surface area (Å²) in [6, 6.07) is 4.14. The molecule has 0 bridgehead atoms. The highest BCUT2D eigenvalue weighted by molar-refractivity contribution is 6.31. The van der Waals surface area contributed by atoms with Crippen LogP contribution in [0.25, 0.3) is 0 Å². The van der Waals surface area contributed by atoms with Crippen molar-refractivity contribution in [3.8, 4) is 0 Å². The van der Waals surface area contributed by atoms with Gasteiger partial charge in [-0.1, -0.05) is 24.6 Å². The van der Waals surface area contributed by atoms with Crippen LogP contribution in [0.4, 0.5) is 0 Å². The van der Waals surface area contributed by atoms with E-state index < -0.39 is 0 Å². The topological polar surface area (TPSA) is 42.7 Å². The van der Waals surface area contributed by atoms with Crippen molar-refractivity contribution < 1.29 is 0 Å². The Hall–Kier alpha value is -1.39. The molecule has 0 radical (unpaired) electrons. The van der Waals surface area contributed by atoms with E-state index in [-0.39, 0.29) is 6.04 Å². The van der Waals surface area contributed by atoms with E-state index in [1.807, 2.05) is 31.6 Å². The molecule has 0 aliphatic rings. The summed E-state index contributed by atoms with van der Waals surface area (Å²) in [4.78, 5) is 4.54. The molecule has 0 aromatic carbocycles. The number of hydrogen-bond donors (Lipinski definition) is 1. The van der Waals surface area contributed by atoms with Crippen LogP contribution in [0.3, 0.4) is 0 Å². The smallest absolute Gasteiger partial charge is 0.0837 e. The molecular formula is C15H21ClN4. The van der Waals surface area contributed by atoms with Gasteiger partial charge in [-0.25, -0.2) is 0 Å². The van der Waals surface area contributed by atoms with Gasteiger partial charge in [0.1, 0.15) is 0 Å². The minimum absolute atomic E-state index is 0.00431. The summed E-state index contributed by atoms with van der Waals surface area (Å²) in [5.41, 5.74) is 4.18. The second kappa shape index (κ2) is 6.37.